The summed E-state index contributed by atoms with van der Waals surface area (Å²) in [6.07, 6.45) is 5.47. The smallest absolute Gasteiger partial charge is 0.264 e. The third-order valence-electron chi connectivity index (χ3n) is 7.95. The Morgan fingerprint density at radius 3 is 2.19 bits per heavy atom. The van der Waals surface area contributed by atoms with Gasteiger partial charge < -0.3 is 10.2 Å². The molecular formula is C33H40FN3O4S. The molecule has 1 aliphatic rings. The maximum absolute atomic E-state index is 14.8. The summed E-state index contributed by atoms with van der Waals surface area (Å²) in [7, 11) is -4.17. The van der Waals surface area contributed by atoms with Crippen LogP contribution >= 0.6 is 0 Å². The second-order valence-corrected chi connectivity index (χ2v) is 12.8. The van der Waals surface area contributed by atoms with E-state index in [1.165, 1.54) is 23.1 Å². The zero-order chi connectivity index (χ0) is 30.3. The van der Waals surface area contributed by atoms with Gasteiger partial charge in [-0.05, 0) is 62.9 Å². The number of para-hydroxylation sites is 1. The van der Waals surface area contributed by atoms with Crippen LogP contribution < -0.4 is 9.62 Å². The molecule has 4 rings (SSSR count). The number of sulfonamides is 1. The highest BCUT2D eigenvalue weighted by molar-refractivity contribution is 7.92. The van der Waals surface area contributed by atoms with E-state index in [2.05, 4.69) is 5.32 Å². The molecule has 1 fully saturated rings. The van der Waals surface area contributed by atoms with Crippen molar-refractivity contribution in [3.8, 4) is 0 Å². The van der Waals surface area contributed by atoms with E-state index < -0.39 is 34.3 Å². The first-order chi connectivity index (χ1) is 20.1. The van der Waals surface area contributed by atoms with Gasteiger partial charge in [0.25, 0.3) is 10.0 Å². The highest BCUT2D eigenvalue weighted by Crippen LogP contribution is 2.28. The highest BCUT2D eigenvalue weighted by Gasteiger charge is 2.34. The van der Waals surface area contributed by atoms with Crippen LogP contribution in [0.5, 0.6) is 0 Å². The molecule has 2 amide bonds. The van der Waals surface area contributed by atoms with Crippen molar-refractivity contribution < 1.29 is 22.4 Å². The zero-order valence-corrected chi connectivity index (χ0v) is 25.4. The molecule has 3 aromatic carbocycles. The molecule has 1 N–H and O–H groups in total. The average Bonchev–Trinajstić information content (AvgIpc) is 2.99. The quantitative estimate of drug-likeness (QED) is 0.306. The van der Waals surface area contributed by atoms with E-state index in [0.717, 1.165) is 47.5 Å². The Kier molecular flexibility index (Phi) is 10.4. The second kappa shape index (κ2) is 14.0. The van der Waals surface area contributed by atoms with Crippen LogP contribution in [-0.2, 0) is 32.6 Å². The number of carbonyl (C=O) groups excluding carboxylic acids is 2. The van der Waals surface area contributed by atoms with Gasteiger partial charge in [0, 0.05) is 18.2 Å². The van der Waals surface area contributed by atoms with Gasteiger partial charge in [0.15, 0.2) is 0 Å². The molecule has 7 nitrogen and oxygen atoms in total. The minimum atomic E-state index is -4.17. The summed E-state index contributed by atoms with van der Waals surface area (Å²) in [5.41, 5.74) is 2.29. The fourth-order valence-electron chi connectivity index (χ4n) is 5.37. The summed E-state index contributed by atoms with van der Waals surface area (Å²) in [6.45, 7) is 4.65. The van der Waals surface area contributed by atoms with Crippen LogP contribution in [0, 0.1) is 12.7 Å². The Bertz CT molecular complexity index is 1490. The van der Waals surface area contributed by atoms with Crippen molar-refractivity contribution >= 4 is 27.5 Å². The Morgan fingerprint density at radius 2 is 1.55 bits per heavy atom. The summed E-state index contributed by atoms with van der Waals surface area (Å²) >= 11 is 0. The minimum Gasteiger partial charge on any atom is -0.352 e. The van der Waals surface area contributed by atoms with Crippen molar-refractivity contribution in [3.05, 3.63) is 95.3 Å². The predicted octanol–water partition coefficient (Wildman–Crippen LogP) is 5.76. The van der Waals surface area contributed by atoms with Gasteiger partial charge in [0.1, 0.15) is 18.4 Å². The van der Waals surface area contributed by atoms with E-state index in [-0.39, 0.29) is 29.0 Å². The Labute approximate surface area is 248 Å². The molecule has 1 saturated carbocycles. The molecule has 42 heavy (non-hydrogen) atoms. The number of hydrogen-bond acceptors (Lipinski definition) is 4. The molecule has 0 saturated heterocycles. The summed E-state index contributed by atoms with van der Waals surface area (Å²) < 4.78 is 44.0. The molecule has 0 aliphatic heterocycles. The second-order valence-electron chi connectivity index (χ2n) is 10.9. The van der Waals surface area contributed by atoms with Gasteiger partial charge in [0.05, 0.1) is 10.6 Å². The van der Waals surface area contributed by atoms with Crippen LogP contribution in [0.2, 0.25) is 0 Å². The fourth-order valence-corrected chi connectivity index (χ4v) is 6.82. The van der Waals surface area contributed by atoms with E-state index in [4.69, 9.17) is 0 Å². The third kappa shape index (κ3) is 7.37. The van der Waals surface area contributed by atoms with Crippen molar-refractivity contribution in [2.75, 3.05) is 10.8 Å². The molecule has 1 atom stereocenters. The van der Waals surface area contributed by atoms with Gasteiger partial charge >= 0.3 is 0 Å². The molecule has 0 bridgehead atoms. The van der Waals surface area contributed by atoms with Crippen molar-refractivity contribution in [3.63, 3.8) is 0 Å². The van der Waals surface area contributed by atoms with E-state index in [1.807, 2.05) is 26.0 Å². The first-order valence-electron chi connectivity index (χ1n) is 14.6. The van der Waals surface area contributed by atoms with Crippen molar-refractivity contribution in [2.45, 2.75) is 82.8 Å². The maximum atomic E-state index is 14.8. The van der Waals surface area contributed by atoms with Crippen LogP contribution in [0.3, 0.4) is 0 Å². The van der Waals surface area contributed by atoms with Gasteiger partial charge in [-0.3, -0.25) is 13.9 Å². The number of nitrogens with one attached hydrogen (secondary N) is 1. The van der Waals surface area contributed by atoms with Gasteiger partial charge in [-0.2, -0.15) is 0 Å². The van der Waals surface area contributed by atoms with Gasteiger partial charge in [-0.1, -0.05) is 80.3 Å². The molecule has 0 spiro atoms. The lowest BCUT2D eigenvalue weighted by molar-refractivity contribution is -0.139. The van der Waals surface area contributed by atoms with Crippen LogP contribution in [0.15, 0.2) is 77.7 Å². The van der Waals surface area contributed by atoms with Gasteiger partial charge in [-0.15, -0.1) is 0 Å². The highest BCUT2D eigenvalue weighted by atomic mass is 32.2. The molecule has 1 aliphatic carbocycles. The van der Waals surface area contributed by atoms with E-state index in [9.17, 15) is 22.4 Å². The van der Waals surface area contributed by atoms with Crippen LogP contribution in [0.25, 0.3) is 0 Å². The molecule has 0 radical (unpaired) electrons. The van der Waals surface area contributed by atoms with Crippen LogP contribution in [0.1, 0.15) is 62.6 Å². The zero-order valence-electron chi connectivity index (χ0n) is 24.6. The van der Waals surface area contributed by atoms with Crippen molar-refractivity contribution in [2.24, 2.45) is 0 Å². The first-order valence-corrected chi connectivity index (χ1v) is 16.1. The summed E-state index contributed by atoms with van der Waals surface area (Å²) in [5.74, 6) is -1.45. The molecule has 224 valence electrons. The monoisotopic (exact) mass is 593 g/mol. The SMILES string of the molecule is CCc1ccccc1N(CC(=O)N(Cc1ccccc1F)[C@H](C)C(=O)NC1CCCCC1)S(=O)(=O)c1ccc(C)cc1. The largest absolute Gasteiger partial charge is 0.352 e. The molecule has 3 aromatic rings. The standard InChI is InChI=1S/C33H40FN3O4S/c1-4-26-12-9-11-17-31(26)37(42(40,41)29-20-18-24(2)19-21-29)23-32(38)36(22-27-13-8-10-16-30(27)34)25(3)33(39)35-28-14-6-5-7-15-28/h8-13,16-21,25,28H,4-7,14-15,22-23H2,1-3H3,(H,35,39)/t25-/m1/s1. The van der Waals surface area contributed by atoms with E-state index >= 15 is 0 Å². The summed E-state index contributed by atoms with van der Waals surface area (Å²) in [5, 5.41) is 3.06. The number of rotatable bonds is 11. The number of aryl methyl sites for hydroxylation is 2. The van der Waals surface area contributed by atoms with E-state index in [0.29, 0.717) is 12.1 Å². The lowest BCUT2D eigenvalue weighted by Crippen LogP contribution is -2.53. The predicted molar refractivity (Wildman–Crippen MR) is 163 cm³/mol. The fraction of sp³-hybridized carbons (Fsp3) is 0.394. The van der Waals surface area contributed by atoms with Gasteiger partial charge in [0.2, 0.25) is 11.8 Å². The van der Waals surface area contributed by atoms with Crippen molar-refractivity contribution in [1.29, 1.82) is 0 Å². The number of hydrogen-bond donors (Lipinski definition) is 1. The average molecular weight is 594 g/mol. The molecule has 0 unspecified atom stereocenters. The molecule has 0 heterocycles. The summed E-state index contributed by atoms with van der Waals surface area (Å²) in [6, 6.07) is 18.7. The maximum Gasteiger partial charge on any atom is 0.264 e. The van der Waals surface area contributed by atoms with Crippen LogP contribution in [0.4, 0.5) is 10.1 Å². The number of anilines is 1. The Morgan fingerprint density at radius 1 is 0.929 bits per heavy atom. The third-order valence-corrected chi connectivity index (χ3v) is 9.72. The van der Waals surface area contributed by atoms with E-state index in [1.54, 1.807) is 49.4 Å². The normalized spacial score (nSPS) is 14.7. The molecular weight excluding hydrogens is 553 g/mol. The molecule has 9 heteroatoms. The lowest BCUT2D eigenvalue weighted by atomic mass is 9.95. The Hall–Kier alpha value is -3.72. The van der Waals surface area contributed by atoms with Gasteiger partial charge in [-0.25, -0.2) is 12.8 Å². The number of carbonyl (C=O) groups is 2. The first kappa shape index (κ1) is 31.2. The Balaban J connectivity index is 1.71. The number of halogens is 1. The number of amides is 2. The summed E-state index contributed by atoms with van der Waals surface area (Å²) in [4.78, 5) is 28.9. The minimum absolute atomic E-state index is 0.0222. The lowest BCUT2D eigenvalue weighted by Gasteiger charge is -2.33. The number of benzene rings is 3. The van der Waals surface area contributed by atoms with Crippen molar-refractivity contribution in [1.82, 2.24) is 10.2 Å². The molecule has 0 aromatic heterocycles. The topological polar surface area (TPSA) is 86.8 Å². The van der Waals surface area contributed by atoms with Crippen LogP contribution in [-0.4, -0.2) is 43.8 Å². The number of nitrogens with zero attached hydrogens (tertiary/aromatic N) is 2.